The van der Waals surface area contributed by atoms with Crippen molar-refractivity contribution in [2.75, 3.05) is 13.2 Å². The van der Waals surface area contributed by atoms with E-state index in [1.807, 2.05) is 19.9 Å². The van der Waals surface area contributed by atoms with Gasteiger partial charge < -0.3 is 19.4 Å². The smallest absolute Gasteiger partial charge is 0.163 e. The molecule has 1 aliphatic heterocycles. The molecule has 170 valence electrons. The third-order valence-corrected chi connectivity index (χ3v) is 5.93. The molecule has 4 aromatic rings. The molecule has 0 amide bonds. The number of aromatic nitrogens is 1. The number of nitrogens with zero attached hydrogens (tertiary/aromatic N) is 1. The number of fused-ring (bicyclic) bond motifs is 3. The molecule has 1 aliphatic rings. The highest BCUT2D eigenvalue weighted by atomic mass is 35.5. The lowest BCUT2D eigenvalue weighted by Gasteiger charge is -2.18. The SMILES string of the molecule is CCOc1cc2c(cc1OCC)-n1cccc1C(c1ccc(-c3ccccc3)cc1)NC2.Cl. The first kappa shape index (κ1) is 23.0. The van der Waals surface area contributed by atoms with Crippen LogP contribution in [0.25, 0.3) is 16.8 Å². The topological polar surface area (TPSA) is 35.4 Å². The first-order chi connectivity index (χ1) is 15.8. The second-order valence-electron chi connectivity index (χ2n) is 7.90. The summed E-state index contributed by atoms with van der Waals surface area (Å²) in [6.07, 6.45) is 2.13. The Morgan fingerprint density at radius 2 is 1.48 bits per heavy atom. The van der Waals surface area contributed by atoms with Crippen LogP contribution >= 0.6 is 12.4 Å². The van der Waals surface area contributed by atoms with E-state index in [9.17, 15) is 0 Å². The largest absolute Gasteiger partial charge is 0.490 e. The molecule has 3 aromatic carbocycles. The molecular formula is C28H29ClN2O2. The molecule has 0 saturated heterocycles. The number of hydrogen-bond donors (Lipinski definition) is 1. The van der Waals surface area contributed by atoms with Crippen LogP contribution < -0.4 is 14.8 Å². The third kappa shape index (κ3) is 4.50. The summed E-state index contributed by atoms with van der Waals surface area (Å²) in [6.45, 7) is 5.95. The van der Waals surface area contributed by atoms with Gasteiger partial charge in [-0.15, -0.1) is 12.4 Å². The first-order valence-corrected chi connectivity index (χ1v) is 11.3. The molecule has 0 saturated carbocycles. The maximum atomic E-state index is 5.90. The summed E-state index contributed by atoms with van der Waals surface area (Å²) in [4.78, 5) is 0. The molecule has 1 unspecified atom stereocenters. The average Bonchev–Trinajstić information content (AvgIpc) is 3.26. The van der Waals surface area contributed by atoms with Crippen molar-refractivity contribution in [3.05, 3.63) is 102 Å². The van der Waals surface area contributed by atoms with E-state index in [1.165, 1.54) is 27.9 Å². The van der Waals surface area contributed by atoms with Crippen LogP contribution in [-0.4, -0.2) is 17.8 Å². The Kier molecular flexibility index (Phi) is 7.07. The van der Waals surface area contributed by atoms with E-state index >= 15 is 0 Å². The summed E-state index contributed by atoms with van der Waals surface area (Å²) < 4.78 is 14.0. The molecule has 0 spiro atoms. The number of rotatable bonds is 6. The van der Waals surface area contributed by atoms with Crippen molar-refractivity contribution < 1.29 is 9.47 Å². The van der Waals surface area contributed by atoms with Gasteiger partial charge in [0.15, 0.2) is 11.5 Å². The summed E-state index contributed by atoms with van der Waals surface area (Å²) in [5.41, 5.74) is 7.24. The van der Waals surface area contributed by atoms with Gasteiger partial charge in [-0.3, -0.25) is 0 Å². The van der Waals surface area contributed by atoms with Gasteiger partial charge in [0.05, 0.1) is 24.9 Å². The molecule has 5 heteroatoms. The Bertz CT molecular complexity index is 1200. The molecular weight excluding hydrogens is 432 g/mol. The zero-order chi connectivity index (χ0) is 21.9. The third-order valence-electron chi connectivity index (χ3n) is 5.93. The Balaban J connectivity index is 0.00000259. The van der Waals surface area contributed by atoms with Crippen molar-refractivity contribution in [2.45, 2.75) is 26.4 Å². The lowest BCUT2D eigenvalue weighted by Crippen LogP contribution is -2.21. The highest BCUT2D eigenvalue weighted by Crippen LogP contribution is 2.37. The van der Waals surface area contributed by atoms with Gasteiger partial charge in [0.1, 0.15) is 0 Å². The molecule has 1 aromatic heterocycles. The van der Waals surface area contributed by atoms with E-state index in [1.54, 1.807) is 0 Å². The minimum Gasteiger partial charge on any atom is -0.490 e. The van der Waals surface area contributed by atoms with Crippen molar-refractivity contribution in [3.8, 4) is 28.3 Å². The van der Waals surface area contributed by atoms with Gasteiger partial charge in [-0.2, -0.15) is 0 Å². The zero-order valence-electron chi connectivity index (χ0n) is 19.0. The molecule has 0 bridgehead atoms. The fourth-order valence-electron chi connectivity index (χ4n) is 4.45. The van der Waals surface area contributed by atoms with Crippen LogP contribution in [0.2, 0.25) is 0 Å². The number of hydrogen-bond acceptors (Lipinski definition) is 3. The predicted molar refractivity (Wildman–Crippen MR) is 136 cm³/mol. The predicted octanol–water partition coefficient (Wildman–Crippen LogP) is 6.56. The first-order valence-electron chi connectivity index (χ1n) is 11.3. The van der Waals surface area contributed by atoms with E-state index in [0.29, 0.717) is 13.2 Å². The van der Waals surface area contributed by atoms with Crippen molar-refractivity contribution in [1.29, 1.82) is 0 Å². The van der Waals surface area contributed by atoms with Gasteiger partial charge >= 0.3 is 0 Å². The zero-order valence-corrected chi connectivity index (χ0v) is 19.8. The summed E-state index contributed by atoms with van der Waals surface area (Å²) in [5.74, 6) is 1.59. The Hall–Kier alpha value is -3.21. The lowest BCUT2D eigenvalue weighted by atomic mass is 9.99. The van der Waals surface area contributed by atoms with Gasteiger partial charge in [-0.05, 0) is 54.3 Å². The molecule has 0 fully saturated rings. The van der Waals surface area contributed by atoms with E-state index in [4.69, 9.17) is 9.47 Å². The molecule has 1 N–H and O–H groups in total. The summed E-state index contributed by atoms with van der Waals surface area (Å²) in [5, 5.41) is 3.76. The van der Waals surface area contributed by atoms with E-state index in [-0.39, 0.29) is 18.4 Å². The van der Waals surface area contributed by atoms with Crippen LogP contribution in [0.1, 0.15) is 36.7 Å². The maximum absolute atomic E-state index is 5.90. The molecule has 5 rings (SSSR count). The van der Waals surface area contributed by atoms with Gasteiger partial charge in [-0.1, -0.05) is 54.6 Å². The van der Waals surface area contributed by atoms with E-state index in [2.05, 4.69) is 88.9 Å². The van der Waals surface area contributed by atoms with Crippen LogP contribution in [0.15, 0.2) is 85.1 Å². The minimum atomic E-state index is 0. The summed E-state index contributed by atoms with van der Waals surface area (Å²) in [7, 11) is 0. The fourth-order valence-corrected chi connectivity index (χ4v) is 4.45. The number of ether oxygens (including phenoxy) is 2. The molecule has 2 heterocycles. The quantitative estimate of drug-likeness (QED) is 0.354. The van der Waals surface area contributed by atoms with Crippen molar-refractivity contribution in [3.63, 3.8) is 0 Å². The van der Waals surface area contributed by atoms with E-state index < -0.39 is 0 Å². The van der Waals surface area contributed by atoms with Crippen LogP contribution in [0.4, 0.5) is 0 Å². The lowest BCUT2D eigenvalue weighted by molar-refractivity contribution is 0.287. The fraction of sp³-hybridized carbons (Fsp3) is 0.214. The van der Waals surface area contributed by atoms with Gasteiger partial charge in [0.25, 0.3) is 0 Å². The number of benzene rings is 3. The molecule has 1 atom stereocenters. The molecule has 0 aliphatic carbocycles. The van der Waals surface area contributed by atoms with Crippen LogP contribution in [0.3, 0.4) is 0 Å². The van der Waals surface area contributed by atoms with Gasteiger partial charge in [0, 0.05) is 24.5 Å². The van der Waals surface area contributed by atoms with Crippen molar-refractivity contribution in [2.24, 2.45) is 0 Å². The molecule has 0 radical (unpaired) electrons. The number of nitrogens with one attached hydrogen (secondary N) is 1. The van der Waals surface area contributed by atoms with Gasteiger partial charge in [0.2, 0.25) is 0 Å². The van der Waals surface area contributed by atoms with E-state index in [0.717, 1.165) is 23.7 Å². The second kappa shape index (κ2) is 10.2. The van der Waals surface area contributed by atoms with Gasteiger partial charge in [-0.25, -0.2) is 0 Å². The highest BCUT2D eigenvalue weighted by molar-refractivity contribution is 5.85. The summed E-state index contributed by atoms with van der Waals surface area (Å²) >= 11 is 0. The van der Waals surface area contributed by atoms with Crippen LogP contribution in [-0.2, 0) is 6.54 Å². The Morgan fingerprint density at radius 1 is 0.818 bits per heavy atom. The Morgan fingerprint density at radius 3 is 2.18 bits per heavy atom. The maximum Gasteiger partial charge on any atom is 0.163 e. The molecule has 4 nitrogen and oxygen atoms in total. The van der Waals surface area contributed by atoms with Crippen LogP contribution in [0.5, 0.6) is 11.5 Å². The normalized spacial score (nSPS) is 14.4. The highest BCUT2D eigenvalue weighted by Gasteiger charge is 2.24. The molecule has 33 heavy (non-hydrogen) atoms. The standard InChI is InChI=1S/C28H28N2O2.ClH/c1-3-31-26-17-23-19-29-28(22-14-12-21(13-15-22)20-9-6-5-7-10-20)24-11-8-16-30(24)25(23)18-27(26)32-4-2;/h5-18,28-29H,3-4,19H2,1-2H3;1H. The average molecular weight is 461 g/mol. The van der Waals surface area contributed by atoms with Crippen molar-refractivity contribution >= 4 is 12.4 Å². The Labute approximate surface area is 201 Å². The second-order valence-corrected chi connectivity index (χ2v) is 7.90. The number of halogens is 1. The van der Waals surface area contributed by atoms with Crippen LogP contribution in [0, 0.1) is 0 Å². The summed E-state index contributed by atoms with van der Waals surface area (Å²) in [6, 6.07) is 28.0. The monoisotopic (exact) mass is 460 g/mol. The minimum absolute atomic E-state index is 0. The van der Waals surface area contributed by atoms with Crippen molar-refractivity contribution in [1.82, 2.24) is 9.88 Å².